The molecular weight excluding hydrogens is 913 g/mol. The van der Waals surface area contributed by atoms with Crippen LogP contribution in [0.4, 0.5) is 0 Å². The number of aliphatic hydroxyl groups is 2. The molecule has 0 atom stereocenters. The summed E-state index contributed by atoms with van der Waals surface area (Å²) in [7, 11) is 0. The van der Waals surface area contributed by atoms with Crippen molar-refractivity contribution in [3.63, 3.8) is 0 Å². The molecule has 0 saturated heterocycles. The largest absolute Gasteiger partial charge is 0.396 e. The van der Waals surface area contributed by atoms with E-state index in [-0.39, 0.29) is 13.2 Å². The monoisotopic (exact) mass is 1030 g/mol. The Morgan fingerprint density at radius 2 is 0.183 bits per heavy atom. The first-order chi connectivity index (χ1) is 35.4. The van der Waals surface area contributed by atoms with E-state index in [1.165, 1.54) is 0 Å². The van der Waals surface area contributed by atoms with Crippen LogP contribution in [0.2, 0.25) is 0 Å². The highest BCUT2D eigenvalue weighted by molar-refractivity contribution is 4.49. The van der Waals surface area contributed by atoms with Gasteiger partial charge in [0.25, 0.3) is 0 Å². The first-order valence-corrected chi connectivity index (χ1v) is 29.1. The van der Waals surface area contributed by atoms with Crippen LogP contribution in [-0.4, -0.2) is 195 Å². The van der Waals surface area contributed by atoms with Gasteiger partial charge in [-0.3, -0.25) is 0 Å². The number of hydrogen-bond acceptors (Lipinski definition) is 15. The van der Waals surface area contributed by atoms with Crippen molar-refractivity contribution in [1.29, 1.82) is 0 Å². The van der Waals surface area contributed by atoms with Crippen LogP contribution < -0.4 is 0 Å². The van der Waals surface area contributed by atoms with Crippen LogP contribution in [0.15, 0.2) is 0 Å². The van der Waals surface area contributed by atoms with Gasteiger partial charge in [0.1, 0.15) is 0 Å². The molecule has 0 aliphatic rings. The van der Waals surface area contributed by atoms with E-state index >= 15 is 0 Å². The van der Waals surface area contributed by atoms with Gasteiger partial charge < -0.3 is 71.8 Å². The maximum atomic E-state index is 8.74. The Kier molecular flexibility index (Phi) is 68.8. The van der Waals surface area contributed by atoms with Crippen molar-refractivity contribution in [3.8, 4) is 0 Å². The van der Waals surface area contributed by atoms with Gasteiger partial charge in [0, 0.05) is 185 Å². The lowest BCUT2D eigenvalue weighted by Crippen LogP contribution is -2.05. The molecule has 0 aromatic heterocycles. The molecular formula is C56H114O15. The fourth-order valence-electron chi connectivity index (χ4n) is 6.86. The van der Waals surface area contributed by atoms with E-state index in [0.717, 1.165) is 352 Å². The van der Waals surface area contributed by atoms with E-state index in [1.807, 2.05) is 0 Å². The Labute approximate surface area is 435 Å². The fraction of sp³-hybridized carbons (Fsp3) is 1.00. The average molecular weight is 1030 g/mol. The zero-order valence-electron chi connectivity index (χ0n) is 45.8. The summed E-state index contributed by atoms with van der Waals surface area (Å²) < 4.78 is 74.3. The second-order valence-corrected chi connectivity index (χ2v) is 18.3. The van der Waals surface area contributed by atoms with E-state index in [4.69, 9.17) is 71.8 Å². The quantitative estimate of drug-likeness (QED) is 0.0554. The molecule has 0 amide bonds. The smallest absolute Gasteiger partial charge is 0.0466 e. The summed E-state index contributed by atoms with van der Waals surface area (Å²) >= 11 is 0. The standard InChI is InChI=1S/C56H114O15/c57-29-1-3-31-59-33-5-7-35-61-37-9-11-39-63-41-13-15-43-65-45-17-19-47-67-49-21-23-51-69-53-25-27-55-71-56-28-26-54-70-52-24-22-50-68-48-20-18-46-66-44-16-14-42-64-40-12-10-38-62-36-8-6-34-60-32-4-2-30-58/h57-58H,1-56H2. The van der Waals surface area contributed by atoms with Crippen molar-refractivity contribution < 1.29 is 71.8 Å². The molecule has 0 saturated carbocycles. The zero-order chi connectivity index (χ0) is 50.8. The minimum atomic E-state index is 0.248. The van der Waals surface area contributed by atoms with E-state index in [9.17, 15) is 0 Å². The topological polar surface area (TPSA) is 160 Å². The van der Waals surface area contributed by atoms with Crippen LogP contribution in [0.5, 0.6) is 0 Å². The predicted molar refractivity (Wildman–Crippen MR) is 284 cm³/mol. The number of unbranched alkanes of at least 4 members (excludes halogenated alkanes) is 14. The van der Waals surface area contributed by atoms with Crippen molar-refractivity contribution >= 4 is 0 Å². The molecule has 428 valence electrons. The summed E-state index contributed by atoms with van der Waals surface area (Å²) in [4.78, 5) is 0. The van der Waals surface area contributed by atoms with Crippen LogP contribution >= 0.6 is 0 Å². The summed E-state index contributed by atoms with van der Waals surface area (Å²) in [6.07, 6.45) is 28.5. The van der Waals surface area contributed by atoms with Gasteiger partial charge >= 0.3 is 0 Å². The van der Waals surface area contributed by atoms with Crippen molar-refractivity contribution in [1.82, 2.24) is 0 Å². The second-order valence-electron chi connectivity index (χ2n) is 18.3. The Morgan fingerprint density at radius 1 is 0.113 bits per heavy atom. The van der Waals surface area contributed by atoms with Gasteiger partial charge in [-0.1, -0.05) is 0 Å². The summed E-state index contributed by atoms with van der Waals surface area (Å²) in [6.45, 7) is 21.2. The van der Waals surface area contributed by atoms with Gasteiger partial charge in [0.15, 0.2) is 0 Å². The lowest BCUT2D eigenvalue weighted by Gasteiger charge is -2.08. The van der Waals surface area contributed by atoms with Crippen molar-refractivity contribution in [3.05, 3.63) is 0 Å². The SMILES string of the molecule is OCCCCOCCCCOCCCCOCCCCOCCCCOCCCCOCCCCOCCCCOCCCCOCCCCOCCCCOCCCCOCCCCOCCCCO. The van der Waals surface area contributed by atoms with Gasteiger partial charge in [-0.25, -0.2) is 0 Å². The molecule has 0 rings (SSSR count). The summed E-state index contributed by atoms with van der Waals surface area (Å²) in [5.74, 6) is 0. The Morgan fingerprint density at radius 3 is 0.254 bits per heavy atom. The maximum absolute atomic E-state index is 8.74. The van der Waals surface area contributed by atoms with Gasteiger partial charge in [0.2, 0.25) is 0 Å². The van der Waals surface area contributed by atoms with Crippen LogP contribution in [-0.2, 0) is 61.6 Å². The Bertz CT molecular complexity index is 828. The number of rotatable bonds is 68. The lowest BCUT2D eigenvalue weighted by atomic mass is 10.3. The summed E-state index contributed by atoms with van der Waals surface area (Å²) in [6, 6.07) is 0. The van der Waals surface area contributed by atoms with Gasteiger partial charge in [0.05, 0.1) is 0 Å². The molecule has 0 aliphatic carbocycles. The van der Waals surface area contributed by atoms with Crippen LogP contribution in [0.1, 0.15) is 180 Å². The minimum absolute atomic E-state index is 0.248. The minimum Gasteiger partial charge on any atom is -0.396 e. The molecule has 0 heterocycles. The normalized spacial score (nSPS) is 11.7. The molecule has 0 aromatic carbocycles. The highest BCUT2D eigenvalue weighted by Gasteiger charge is 2.00. The number of ether oxygens (including phenoxy) is 13. The van der Waals surface area contributed by atoms with Crippen molar-refractivity contribution in [2.45, 2.75) is 180 Å². The van der Waals surface area contributed by atoms with Gasteiger partial charge in [-0.2, -0.15) is 0 Å². The number of hydrogen-bond donors (Lipinski definition) is 2. The highest BCUT2D eigenvalue weighted by atomic mass is 16.5. The third kappa shape index (κ3) is 69.4. The van der Waals surface area contributed by atoms with E-state index in [0.29, 0.717) is 0 Å². The molecule has 0 aromatic rings. The van der Waals surface area contributed by atoms with Crippen LogP contribution in [0, 0.1) is 0 Å². The summed E-state index contributed by atoms with van der Waals surface area (Å²) in [5, 5.41) is 17.5. The predicted octanol–water partition coefficient (Wildman–Crippen LogP) is 10.1. The molecule has 0 radical (unpaired) electrons. The third-order valence-corrected chi connectivity index (χ3v) is 11.3. The highest BCUT2D eigenvalue weighted by Crippen LogP contribution is 2.04. The molecule has 0 fully saturated rings. The van der Waals surface area contributed by atoms with E-state index < -0.39 is 0 Å². The second kappa shape index (κ2) is 69.4. The van der Waals surface area contributed by atoms with Crippen LogP contribution in [0.3, 0.4) is 0 Å². The van der Waals surface area contributed by atoms with E-state index in [1.54, 1.807) is 0 Å². The maximum Gasteiger partial charge on any atom is 0.0466 e. The third-order valence-electron chi connectivity index (χ3n) is 11.3. The first-order valence-electron chi connectivity index (χ1n) is 29.1. The van der Waals surface area contributed by atoms with E-state index in [2.05, 4.69) is 0 Å². The Hall–Kier alpha value is -0.600. The molecule has 0 aliphatic heterocycles. The molecule has 15 heteroatoms. The number of aliphatic hydroxyl groups excluding tert-OH is 2. The molecule has 2 N–H and O–H groups in total. The van der Waals surface area contributed by atoms with Gasteiger partial charge in [-0.05, 0) is 180 Å². The van der Waals surface area contributed by atoms with Crippen molar-refractivity contribution in [2.24, 2.45) is 0 Å². The van der Waals surface area contributed by atoms with Crippen molar-refractivity contribution in [2.75, 3.05) is 185 Å². The molecule has 71 heavy (non-hydrogen) atoms. The lowest BCUT2D eigenvalue weighted by molar-refractivity contribution is 0.0761. The zero-order valence-corrected chi connectivity index (χ0v) is 45.8. The van der Waals surface area contributed by atoms with Gasteiger partial charge in [-0.15, -0.1) is 0 Å². The first kappa shape index (κ1) is 70.4. The molecule has 0 bridgehead atoms. The molecule has 15 nitrogen and oxygen atoms in total. The average Bonchev–Trinajstić information content (AvgIpc) is 3.38. The molecule has 0 spiro atoms. The molecule has 0 unspecified atom stereocenters. The Balaban J connectivity index is 3.07. The summed E-state index contributed by atoms with van der Waals surface area (Å²) in [5.41, 5.74) is 0. The van der Waals surface area contributed by atoms with Crippen LogP contribution in [0.25, 0.3) is 0 Å². The fourth-order valence-corrected chi connectivity index (χ4v) is 6.86.